The van der Waals surface area contributed by atoms with Gasteiger partial charge in [-0.05, 0) is 19.3 Å². The summed E-state index contributed by atoms with van der Waals surface area (Å²) in [4.78, 5) is 18.0. The van der Waals surface area contributed by atoms with Gasteiger partial charge in [0.05, 0.1) is 6.04 Å². The third-order valence-corrected chi connectivity index (χ3v) is 3.40. The van der Waals surface area contributed by atoms with E-state index in [1.165, 1.54) is 0 Å². The molecule has 2 aliphatic heterocycles. The van der Waals surface area contributed by atoms with E-state index < -0.39 is 0 Å². The normalized spacial score (nSPS) is 27.2. The van der Waals surface area contributed by atoms with Crippen LogP contribution in [0.2, 0.25) is 0 Å². The summed E-state index contributed by atoms with van der Waals surface area (Å²) in [5.74, 6) is 1.47. The molecule has 1 amide bonds. The fraction of sp³-hybridized carbons (Fsp3) is 0.833. The van der Waals surface area contributed by atoms with Gasteiger partial charge in [0.25, 0.3) is 0 Å². The highest BCUT2D eigenvalue weighted by Gasteiger charge is 2.32. The number of carbonyl (C=O) groups excluding carboxylic acids is 1. The highest BCUT2D eigenvalue weighted by atomic mass is 16.5. The van der Waals surface area contributed by atoms with E-state index in [-0.39, 0.29) is 18.0 Å². The molecule has 90 valence electrons. The Hall–Kier alpha value is -1.06. The molecule has 2 heterocycles. The fourth-order valence-corrected chi connectivity index (χ4v) is 2.19. The first-order valence-corrected chi connectivity index (χ1v) is 6.09. The third-order valence-electron chi connectivity index (χ3n) is 3.40. The molecule has 4 nitrogen and oxygen atoms in total. The number of ether oxygens (including phenoxy) is 1. The molecule has 0 N–H and O–H groups in total. The minimum atomic E-state index is 0.0127. The van der Waals surface area contributed by atoms with Gasteiger partial charge in [0.2, 0.25) is 11.8 Å². The van der Waals surface area contributed by atoms with Crippen LogP contribution in [0.3, 0.4) is 0 Å². The Balaban J connectivity index is 2.02. The smallest absolute Gasteiger partial charge is 0.223 e. The summed E-state index contributed by atoms with van der Waals surface area (Å²) in [6.07, 6.45) is 1.63. The van der Waals surface area contributed by atoms with Gasteiger partial charge in [0.15, 0.2) is 0 Å². The topological polar surface area (TPSA) is 41.9 Å². The van der Waals surface area contributed by atoms with Crippen molar-refractivity contribution < 1.29 is 9.53 Å². The van der Waals surface area contributed by atoms with Crippen molar-refractivity contribution in [1.82, 2.24) is 4.90 Å². The summed E-state index contributed by atoms with van der Waals surface area (Å²) in [6.45, 7) is 7.80. The quantitative estimate of drug-likeness (QED) is 0.728. The molecule has 2 atom stereocenters. The van der Waals surface area contributed by atoms with Gasteiger partial charge in [-0.15, -0.1) is 0 Å². The van der Waals surface area contributed by atoms with Crippen LogP contribution in [0.25, 0.3) is 0 Å². The van der Waals surface area contributed by atoms with Gasteiger partial charge in [-0.25, -0.2) is 4.99 Å². The van der Waals surface area contributed by atoms with Crippen LogP contribution in [0.1, 0.15) is 33.6 Å². The first-order valence-electron chi connectivity index (χ1n) is 6.09. The Morgan fingerprint density at radius 1 is 1.44 bits per heavy atom. The van der Waals surface area contributed by atoms with E-state index in [0.29, 0.717) is 18.9 Å². The fourth-order valence-electron chi connectivity index (χ4n) is 2.19. The van der Waals surface area contributed by atoms with E-state index in [2.05, 4.69) is 18.8 Å². The van der Waals surface area contributed by atoms with E-state index in [4.69, 9.17) is 4.74 Å². The van der Waals surface area contributed by atoms with Gasteiger partial charge in [-0.2, -0.15) is 0 Å². The van der Waals surface area contributed by atoms with E-state index in [1.54, 1.807) is 0 Å². The predicted molar refractivity (Wildman–Crippen MR) is 62.4 cm³/mol. The molecule has 2 rings (SSSR count). The number of aliphatic imine (C=N–C) groups is 1. The average Bonchev–Trinajstić information content (AvgIpc) is 2.84. The molecular formula is C12H20N2O2. The third kappa shape index (κ3) is 2.06. The van der Waals surface area contributed by atoms with E-state index in [9.17, 15) is 4.79 Å². The molecule has 0 aromatic heterocycles. The van der Waals surface area contributed by atoms with E-state index >= 15 is 0 Å². The lowest BCUT2D eigenvalue weighted by molar-refractivity contribution is -0.128. The van der Waals surface area contributed by atoms with E-state index in [1.807, 2.05) is 11.8 Å². The lowest BCUT2D eigenvalue weighted by Gasteiger charge is -2.23. The van der Waals surface area contributed by atoms with Crippen LogP contribution in [0.5, 0.6) is 0 Å². The molecule has 2 aliphatic rings. The van der Waals surface area contributed by atoms with Gasteiger partial charge in [0, 0.05) is 13.0 Å². The maximum Gasteiger partial charge on any atom is 0.223 e. The number of carbonyl (C=O) groups is 1. The van der Waals surface area contributed by atoms with Crippen molar-refractivity contribution in [2.24, 2.45) is 10.9 Å². The summed E-state index contributed by atoms with van der Waals surface area (Å²) >= 11 is 0. The lowest BCUT2D eigenvalue weighted by atomic mass is 10.1. The second-order valence-electron chi connectivity index (χ2n) is 4.96. The van der Waals surface area contributed by atoms with E-state index in [0.717, 1.165) is 18.9 Å². The molecule has 0 spiro atoms. The van der Waals surface area contributed by atoms with Crippen LogP contribution in [-0.2, 0) is 9.53 Å². The zero-order chi connectivity index (χ0) is 11.7. The van der Waals surface area contributed by atoms with Gasteiger partial charge in [-0.3, -0.25) is 4.79 Å². The maximum absolute atomic E-state index is 11.6. The standard InChI is InChI=1S/C12H20N2O2/c1-8(2)10-7-16-12(13-10)9(3)14-6-4-5-11(14)15/h8-10H,4-7H2,1-3H3. The van der Waals surface area contributed by atoms with Gasteiger partial charge < -0.3 is 9.64 Å². The molecule has 0 aromatic rings. The first kappa shape index (κ1) is 11.4. The van der Waals surface area contributed by atoms with Gasteiger partial charge in [-0.1, -0.05) is 13.8 Å². The number of hydrogen-bond donors (Lipinski definition) is 0. The zero-order valence-electron chi connectivity index (χ0n) is 10.3. The molecule has 0 bridgehead atoms. The van der Waals surface area contributed by atoms with Crippen LogP contribution in [0.15, 0.2) is 4.99 Å². The van der Waals surface area contributed by atoms with Crippen molar-refractivity contribution in [3.05, 3.63) is 0 Å². The molecule has 1 fully saturated rings. The van der Waals surface area contributed by atoms with Crippen molar-refractivity contribution in [2.45, 2.75) is 45.7 Å². The maximum atomic E-state index is 11.6. The molecule has 1 saturated heterocycles. The van der Waals surface area contributed by atoms with Crippen molar-refractivity contribution in [3.63, 3.8) is 0 Å². The number of nitrogens with zero attached hydrogens (tertiary/aromatic N) is 2. The molecule has 0 radical (unpaired) electrons. The van der Waals surface area contributed by atoms with Gasteiger partial charge in [0.1, 0.15) is 12.6 Å². The van der Waals surface area contributed by atoms with Crippen molar-refractivity contribution in [1.29, 1.82) is 0 Å². The minimum Gasteiger partial charge on any atom is -0.477 e. The molecule has 16 heavy (non-hydrogen) atoms. The summed E-state index contributed by atoms with van der Waals surface area (Å²) in [5, 5.41) is 0. The summed E-state index contributed by atoms with van der Waals surface area (Å²) in [6, 6.07) is 0.272. The second-order valence-corrected chi connectivity index (χ2v) is 4.96. The minimum absolute atomic E-state index is 0.0127. The Morgan fingerprint density at radius 3 is 2.69 bits per heavy atom. The lowest BCUT2D eigenvalue weighted by Crippen LogP contribution is -2.39. The highest BCUT2D eigenvalue weighted by molar-refractivity contribution is 5.89. The summed E-state index contributed by atoms with van der Waals surface area (Å²) < 4.78 is 5.61. The highest BCUT2D eigenvalue weighted by Crippen LogP contribution is 2.20. The predicted octanol–water partition coefficient (Wildman–Crippen LogP) is 1.45. The van der Waals surface area contributed by atoms with Crippen LogP contribution in [0, 0.1) is 5.92 Å². The summed E-state index contributed by atoms with van der Waals surface area (Å²) in [5.41, 5.74) is 0. The molecular weight excluding hydrogens is 204 g/mol. The Morgan fingerprint density at radius 2 is 2.19 bits per heavy atom. The molecule has 0 saturated carbocycles. The first-order chi connectivity index (χ1) is 7.59. The summed E-state index contributed by atoms with van der Waals surface area (Å²) in [7, 11) is 0. The molecule has 4 heteroatoms. The average molecular weight is 224 g/mol. The Kier molecular flexibility index (Phi) is 3.17. The van der Waals surface area contributed by atoms with Crippen LogP contribution < -0.4 is 0 Å². The van der Waals surface area contributed by atoms with Crippen molar-refractivity contribution in [3.8, 4) is 0 Å². The largest absolute Gasteiger partial charge is 0.477 e. The molecule has 0 aliphatic carbocycles. The number of rotatable bonds is 3. The Labute approximate surface area is 96.7 Å². The van der Waals surface area contributed by atoms with Crippen molar-refractivity contribution in [2.75, 3.05) is 13.2 Å². The monoisotopic (exact) mass is 224 g/mol. The second kappa shape index (κ2) is 4.44. The number of hydrogen-bond acceptors (Lipinski definition) is 3. The Bertz CT molecular complexity index is 312. The zero-order valence-corrected chi connectivity index (χ0v) is 10.3. The van der Waals surface area contributed by atoms with Crippen LogP contribution >= 0.6 is 0 Å². The molecule has 2 unspecified atom stereocenters. The van der Waals surface area contributed by atoms with Crippen molar-refractivity contribution >= 4 is 11.8 Å². The van der Waals surface area contributed by atoms with Crippen LogP contribution in [-0.4, -0.2) is 41.9 Å². The number of amides is 1. The molecule has 0 aromatic carbocycles. The van der Waals surface area contributed by atoms with Crippen LogP contribution in [0.4, 0.5) is 0 Å². The SMILES string of the molecule is CC(C)C1COC(C(C)N2CCCC2=O)=N1. The van der Waals surface area contributed by atoms with Gasteiger partial charge >= 0.3 is 0 Å². The number of likely N-dealkylation sites (tertiary alicyclic amines) is 1.